The van der Waals surface area contributed by atoms with Gasteiger partial charge >= 0.3 is 0 Å². The highest BCUT2D eigenvalue weighted by molar-refractivity contribution is 5.92. The number of benzene rings is 2. The highest BCUT2D eigenvalue weighted by Crippen LogP contribution is 2.48. The second kappa shape index (κ2) is 7.95. The fraction of sp³-hybridized carbons (Fsp3) is 0.208. The molecule has 0 saturated heterocycles. The van der Waals surface area contributed by atoms with Gasteiger partial charge in [0.05, 0.1) is 5.69 Å². The summed E-state index contributed by atoms with van der Waals surface area (Å²) in [5.41, 5.74) is 4.21. The molecule has 1 aliphatic rings. The van der Waals surface area contributed by atoms with Crippen molar-refractivity contribution >= 4 is 17.4 Å². The Bertz CT molecular complexity index is 1050. The molecular weight excluding hydrogens is 367 g/mol. The van der Waals surface area contributed by atoms with Gasteiger partial charge in [0.2, 0.25) is 5.91 Å². The minimum atomic E-state index is -0.273. The fourth-order valence-corrected chi connectivity index (χ4v) is 3.64. The Kier molecular flexibility index (Phi) is 5.21. The molecule has 1 aromatic heterocycles. The lowest BCUT2D eigenvalue weighted by molar-refractivity contribution is -0.119. The fourth-order valence-electron chi connectivity index (χ4n) is 3.64. The lowest BCUT2D eigenvalue weighted by Gasteiger charge is -2.09. The number of hydrogen-bond donors (Lipinski definition) is 1. The molecule has 146 valence electrons. The van der Waals surface area contributed by atoms with E-state index in [1.165, 1.54) is 19.1 Å². The summed E-state index contributed by atoms with van der Waals surface area (Å²) in [6.07, 6.45) is 2.93. The summed E-state index contributed by atoms with van der Waals surface area (Å²) < 4.78 is 13.1. The first-order valence-electron chi connectivity index (χ1n) is 9.61. The van der Waals surface area contributed by atoms with Crippen molar-refractivity contribution in [2.24, 2.45) is 5.92 Å². The smallest absolute Gasteiger partial charge is 0.221 e. The molecule has 0 bridgehead atoms. The summed E-state index contributed by atoms with van der Waals surface area (Å²) in [6, 6.07) is 17.5. The van der Waals surface area contributed by atoms with E-state index in [0.29, 0.717) is 12.1 Å². The Morgan fingerprint density at radius 2 is 1.83 bits per heavy atom. The lowest BCUT2D eigenvalue weighted by atomic mass is 10.0. The number of para-hydroxylation sites is 1. The number of ketones is 1. The van der Waals surface area contributed by atoms with Crippen LogP contribution in [0, 0.1) is 11.7 Å². The van der Waals surface area contributed by atoms with Crippen LogP contribution in [0.2, 0.25) is 0 Å². The Hall–Kier alpha value is -3.34. The Labute approximate surface area is 168 Å². The molecule has 0 radical (unpaired) electrons. The molecular formula is C24H21FN2O2. The van der Waals surface area contributed by atoms with Gasteiger partial charge in [-0.1, -0.05) is 24.3 Å². The highest BCUT2D eigenvalue weighted by Gasteiger charge is 2.43. The number of nitrogens with one attached hydrogen (secondary N) is 1. The number of halogens is 1. The van der Waals surface area contributed by atoms with Crippen molar-refractivity contribution in [1.29, 1.82) is 0 Å². The Morgan fingerprint density at radius 3 is 2.52 bits per heavy atom. The van der Waals surface area contributed by atoms with Crippen LogP contribution in [-0.2, 0) is 16.0 Å². The van der Waals surface area contributed by atoms with Crippen LogP contribution >= 0.6 is 0 Å². The second-order valence-electron chi connectivity index (χ2n) is 7.41. The van der Waals surface area contributed by atoms with Gasteiger partial charge < -0.3 is 5.32 Å². The average molecular weight is 388 g/mol. The molecule has 2 unspecified atom stereocenters. The number of pyridine rings is 1. The summed E-state index contributed by atoms with van der Waals surface area (Å²) in [5, 5.41) is 2.78. The van der Waals surface area contributed by atoms with Gasteiger partial charge in [0.15, 0.2) is 0 Å². The first-order valence-corrected chi connectivity index (χ1v) is 9.61. The summed E-state index contributed by atoms with van der Waals surface area (Å²) in [7, 11) is 0. The molecule has 1 heterocycles. The monoisotopic (exact) mass is 388 g/mol. The quantitative estimate of drug-likeness (QED) is 0.662. The molecule has 5 heteroatoms. The first kappa shape index (κ1) is 19.0. The Morgan fingerprint density at radius 1 is 1.07 bits per heavy atom. The van der Waals surface area contributed by atoms with Gasteiger partial charge in [0, 0.05) is 36.7 Å². The second-order valence-corrected chi connectivity index (χ2v) is 7.41. The predicted molar refractivity (Wildman–Crippen MR) is 110 cm³/mol. The summed E-state index contributed by atoms with van der Waals surface area (Å²) in [5.74, 6) is -0.0780. The third-order valence-corrected chi connectivity index (χ3v) is 5.25. The summed E-state index contributed by atoms with van der Waals surface area (Å²) in [4.78, 5) is 28.6. The molecule has 1 N–H and O–H groups in total. The minimum absolute atomic E-state index is 0.0149. The molecule has 1 aliphatic carbocycles. The summed E-state index contributed by atoms with van der Waals surface area (Å²) >= 11 is 0. The van der Waals surface area contributed by atoms with Crippen LogP contribution in [0.15, 0.2) is 66.9 Å². The molecule has 4 rings (SSSR count). The van der Waals surface area contributed by atoms with Crippen LogP contribution in [0.4, 0.5) is 10.1 Å². The lowest BCUT2D eigenvalue weighted by Crippen LogP contribution is -2.12. The maximum Gasteiger partial charge on any atom is 0.221 e. The third kappa shape index (κ3) is 4.40. The van der Waals surface area contributed by atoms with Gasteiger partial charge in [0.25, 0.3) is 0 Å². The predicted octanol–water partition coefficient (Wildman–Crippen LogP) is 4.76. The molecule has 29 heavy (non-hydrogen) atoms. The SMILES string of the molecule is CC(=O)Nc1ccccc1CC(=O)C1CC1c1ccc(-c2ccc(F)cc2)nc1. The number of anilines is 1. The van der Waals surface area contributed by atoms with Gasteiger partial charge in [-0.3, -0.25) is 14.6 Å². The van der Waals surface area contributed by atoms with Gasteiger partial charge in [-0.2, -0.15) is 0 Å². The van der Waals surface area contributed by atoms with Crippen molar-refractivity contribution in [2.45, 2.75) is 25.7 Å². The number of carbonyl (C=O) groups excluding carboxylic acids is 2. The van der Waals surface area contributed by atoms with E-state index in [-0.39, 0.29) is 29.3 Å². The van der Waals surface area contributed by atoms with Gasteiger partial charge in [-0.25, -0.2) is 4.39 Å². The van der Waals surface area contributed by atoms with E-state index >= 15 is 0 Å². The summed E-state index contributed by atoms with van der Waals surface area (Å²) in [6.45, 7) is 1.46. The molecule has 1 saturated carbocycles. The van der Waals surface area contributed by atoms with Crippen molar-refractivity contribution in [3.8, 4) is 11.3 Å². The van der Waals surface area contributed by atoms with Crippen molar-refractivity contribution in [2.75, 3.05) is 5.32 Å². The van der Waals surface area contributed by atoms with Gasteiger partial charge in [-0.05, 0) is 59.9 Å². The van der Waals surface area contributed by atoms with E-state index in [2.05, 4.69) is 10.3 Å². The maximum absolute atomic E-state index is 13.1. The minimum Gasteiger partial charge on any atom is -0.326 e. The molecule has 1 fully saturated rings. The van der Waals surface area contributed by atoms with Crippen LogP contribution in [0.25, 0.3) is 11.3 Å². The number of carbonyl (C=O) groups is 2. The van der Waals surface area contributed by atoms with E-state index in [9.17, 15) is 14.0 Å². The third-order valence-electron chi connectivity index (χ3n) is 5.25. The van der Waals surface area contributed by atoms with Crippen LogP contribution in [0.5, 0.6) is 0 Å². The number of hydrogen-bond acceptors (Lipinski definition) is 3. The number of rotatable bonds is 6. The normalized spacial score (nSPS) is 17.6. The van der Waals surface area contributed by atoms with Crippen molar-refractivity contribution in [1.82, 2.24) is 4.98 Å². The largest absolute Gasteiger partial charge is 0.326 e. The van der Waals surface area contributed by atoms with Crippen LogP contribution in [0.1, 0.15) is 30.4 Å². The average Bonchev–Trinajstić information content (AvgIpc) is 3.51. The van der Waals surface area contributed by atoms with Crippen molar-refractivity contribution in [3.05, 3.63) is 83.8 Å². The number of Topliss-reactive ketones (excluding diaryl/α,β-unsaturated/α-hetero) is 1. The van der Waals surface area contributed by atoms with E-state index in [0.717, 1.165) is 28.8 Å². The molecule has 1 amide bonds. The highest BCUT2D eigenvalue weighted by atomic mass is 19.1. The van der Waals surface area contributed by atoms with Crippen LogP contribution in [0.3, 0.4) is 0 Å². The number of aromatic nitrogens is 1. The standard InChI is InChI=1S/C24H21FN2O2/c1-15(28)27-23-5-3-2-4-17(23)12-24(29)21-13-20(21)18-8-11-22(26-14-18)16-6-9-19(25)10-7-16/h2-11,14,20-21H,12-13H2,1H3,(H,27,28). The van der Waals surface area contributed by atoms with E-state index < -0.39 is 0 Å². The maximum atomic E-state index is 13.1. The zero-order valence-electron chi connectivity index (χ0n) is 16.1. The molecule has 2 atom stereocenters. The zero-order valence-corrected chi connectivity index (χ0v) is 16.1. The van der Waals surface area contributed by atoms with Gasteiger partial charge in [0.1, 0.15) is 11.6 Å². The van der Waals surface area contributed by atoms with Crippen molar-refractivity contribution in [3.63, 3.8) is 0 Å². The van der Waals surface area contributed by atoms with Crippen molar-refractivity contribution < 1.29 is 14.0 Å². The van der Waals surface area contributed by atoms with E-state index in [4.69, 9.17) is 0 Å². The number of nitrogens with zero attached hydrogens (tertiary/aromatic N) is 1. The molecule has 4 nitrogen and oxygen atoms in total. The molecule has 2 aromatic carbocycles. The first-order chi connectivity index (χ1) is 14.0. The number of amides is 1. The van der Waals surface area contributed by atoms with Gasteiger partial charge in [-0.15, -0.1) is 0 Å². The molecule has 0 aliphatic heterocycles. The van der Waals surface area contributed by atoms with Crippen LogP contribution in [-0.4, -0.2) is 16.7 Å². The van der Waals surface area contributed by atoms with E-state index in [1.54, 1.807) is 12.1 Å². The topological polar surface area (TPSA) is 59.1 Å². The van der Waals surface area contributed by atoms with E-state index in [1.807, 2.05) is 42.6 Å². The van der Waals surface area contributed by atoms with Crippen LogP contribution < -0.4 is 5.32 Å². The zero-order chi connectivity index (χ0) is 20.4. The molecule has 0 spiro atoms. The Balaban J connectivity index is 1.41. The molecule has 3 aromatic rings.